The molecule has 0 amide bonds. The molecular formula is C12H19BrN2OS. The van der Waals surface area contributed by atoms with E-state index in [1.165, 1.54) is 0 Å². The van der Waals surface area contributed by atoms with Crippen molar-refractivity contribution in [1.29, 1.82) is 0 Å². The van der Waals surface area contributed by atoms with Crippen LogP contribution in [-0.2, 0) is 4.74 Å². The monoisotopic (exact) mass is 318 g/mol. The first-order chi connectivity index (χ1) is 8.34. The van der Waals surface area contributed by atoms with Gasteiger partial charge in [-0.3, -0.25) is 0 Å². The number of hydrogen-bond donors (Lipinski definition) is 1. The highest BCUT2D eigenvalue weighted by atomic mass is 79.9. The highest BCUT2D eigenvalue weighted by Crippen LogP contribution is 2.23. The van der Waals surface area contributed by atoms with Gasteiger partial charge in [0.2, 0.25) is 0 Å². The summed E-state index contributed by atoms with van der Waals surface area (Å²) in [5.41, 5.74) is 0. The van der Waals surface area contributed by atoms with Crippen molar-refractivity contribution in [3.05, 3.63) is 22.8 Å². The Hall–Kier alpha value is -0.100. The van der Waals surface area contributed by atoms with Crippen molar-refractivity contribution in [1.82, 2.24) is 10.3 Å². The molecule has 0 saturated heterocycles. The number of aromatic nitrogens is 1. The molecule has 0 radical (unpaired) electrons. The van der Waals surface area contributed by atoms with Crippen molar-refractivity contribution < 1.29 is 4.74 Å². The van der Waals surface area contributed by atoms with Crippen molar-refractivity contribution in [2.24, 2.45) is 0 Å². The summed E-state index contributed by atoms with van der Waals surface area (Å²) in [6, 6.07) is 3.95. The Morgan fingerprint density at radius 2 is 2.35 bits per heavy atom. The quantitative estimate of drug-likeness (QED) is 0.560. The van der Waals surface area contributed by atoms with E-state index < -0.39 is 0 Å². The molecular weight excluding hydrogens is 300 g/mol. The number of rotatable bonds is 9. The maximum Gasteiger partial charge on any atom is 0.110 e. The van der Waals surface area contributed by atoms with E-state index >= 15 is 0 Å². The summed E-state index contributed by atoms with van der Waals surface area (Å²) in [5, 5.41) is 4.45. The lowest BCUT2D eigenvalue weighted by atomic mass is 10.4. The molecule has 96 valence electrons. The van der Waals surface area contributed by atoms with E-state index in [2.05, 4.69) is 26.2 Å². The van der Waals surface area contributed by atoms with Gasteiger partial charge in [0, 0.05) is 36.2 Å². The second-order valence-electron chi connectivity index (χ2n) is 3.44. The lowest BCUT2D eigenvalue weighted by Gasteiger charge is -2.05. The number of nitrogens with one attached hydrogen (secondary N) is 1. The molecule has 1 aromatic rings. The van der Waals surface area contributed by atoms with Crippen molar-refractivity contribution in [3.63, 3.8) is 0 Å². The van der Waals surface area contributed by atoms with Gasteiger partial charge in [0.15, 0.2) is 0 Å². The van der Waals surface area contributed by atoms with Gasteiger partial charge in [-0.15, -0.1) is 11.8 Å². The molecule has 0 unspecified atom stereocenters. The van der Waals surface area contributed by atoms with Crippen LogP contribution in [0.4, 0.5) is 0 Å². The van der Waals surface area contributed by atoms with Crippen LogP contribution >= 0.6 is 27.7 Å². The Balaban J connectivity index is 1.99. The van der Waals surface area contributed by atoms with Crippen molar-refractivity contribution >= 4 is 27.7 Å². The van der Waals surface area contributed by atoms with Crippen LogP contribution in [-0.4, -0.2) is 37.0 Å². The minimum atomic E-state index is 0.809. The first-order valence-corrected chi connectivity index (χ1v) is 7.64. The third-order valence-corrected chi connectivity index (χ3v) is 4.00. The number of hydrogen-bond acceptors (Lipinski definition) is 4. The van der Waals surface area contributed by atoms with E-state index in [1.807, 2.05) is 25.3 Å². The van der Waals surface area contributed by atoms with Gasteiger partial charge in [-0.05, 0) is 48.0 Å². The molecule has 1 N–H and O–H groups in total. The van der Waals surface area contributed by atoms with Crippen LogP contribution in [0.3, 0.4) is 0 Å². The van der Waals surface area contributed by atoms with Crippen LogP contribution in [0.25, 0.3) is 0 Å². The van der Waals surface area contributed by atoms with Gasteiger partial charge in [-0.2, -0.15) is 0 Å². The second kappa shape index (κ2) is 9.88. The SMILES string of the molecule is CCOCCCNCCSc1ncccc1Br. The van der Waals surface area contributed by atoms with E-state index in [-0.39, 0.29) is 0 Å². The van der Waals surface area contributed by atoms with Crippen molar-refractivity contribution in [2.75, 3.05) is 32.1 Å². The Kier molecular flexibility index (Phi) is 8.70. The van der Waals surface area contributed by atoms with E-state index in [1.54, 1.807) is 11.8 Å². The number of pyridine rings is 1. The molecule has 0 aromatic carbocycles. The normalized spacial score (nSPS) is 10.7. The van der Waals surface area contributed by atoms with Crippen molar-refractivity contribution in [3.8, 4) is 0 Å². The summed E-state index contributed by atoms with van der Waals surface area (Å²) >= 11 is 5.25. The summed E-state index contributed by atoms with van der Waals surface area (Å²) in [6.45, 7) is 5.70. The molecule has 0 fully saturated rings. The molecule has 0 bridgehead atoms. The first kappa shape index (κ1) is 15.0. The zero-order chi connectivity index (χ0) is 12.3. The van der Waals surface area contributed by atoms with E-state index in [0.717, 1.165) is 48.0 Å². The Bertz CT molecular complexity index is 312. The van der Waals surface area contributed by atoms with Crippen LogP contribution in [0.15, 0.2) is 27.8 Å². The van der Waals surface area contributed by atoms with E-state index in [9.17, 15) is 0 Å². The smallest absolute Gasteiger partial charge is 0.110 e. The summed E-state index contributed by atoms with van der Waals surface area (Å²) in [6.07, 6.45) is 2.90. The summed E-state index contributed by atoms with van der Waals surface area (Å²) < 4.78 is 6.33. The molecule has 5 heteroatoms. The zero-order valence-corrected chi connectivity index (χ0v) is 12.5. The summed E-state index contributed by atoms with van der Waals surface area (Å²) in [4.78, 5) is 4.30. The molecule has 1 rings (SSSR count). The fourth-order valence-electron chi connectivity index (χ4n) is 1.27. The molecule has 0 aliphatic carbocycles. The predicted molar refractivity (Wildman–Crippen MR) is 76.6 cm³/mol. The first-order valence-electron chi connectivity index (χ1n) is 5.86. The summed E-state index contributed by atoms with van der Waals surface area (Å²) in [7, 11) is 0. The average molecular weight is 319 g/mol. The topological polar surface area (TPSA) is 34.1 Å². The maximum absolute atomic E-state index is 5.26. The average Bonchev–Trinajstić information content (AvgIpc) is 2.35. The number of thioether (sulfide) groups is 1. The minimum absolute atomic E-state index is 0.809. The van der Waals surface area contributed by atoms with Gasteiger partial charge < -0.3 is 10.1 Å². The zero-order valence-electron chi connectivity index (χ0n) is 10.1. The van der Waals surface area contributed by atoms with Crippen LogP contribution in [0.5, 0.6) is 0 Å². The fourth-order valence-corrected chi connectivity index (χ4v) is 2.65. The van der Waals surface area contributed by atoms with Gasteiger partial charge in [-0.1, -0.05) is 0 Å². The second-order valence-corrected chi connectivity index (χ2v) is 5.38. The molecule has 0 atom stereocenters. The van der Waals surface area contributed by atoms with Crippen LogP contribution in [0.2, 0.25) is 0 Å². The van der Waals surface area contributed by atoms with Crippen LogP contribution < -0.4 is 5.32 Å². The van der Waals surface area contributed by atoms with Gasteiger partial charge in [-0.25, -0.2) is 4.98 Å². The van der Waals surface area contributed by atoms with Gasteiger partial charge >= 0.3 is 0 Å². The minimum Gasteiger partial charge on any atom is -0.382 e. The van der Waals surface area contributed by atoms with Crippen LogP contribution in [0.1, 0.15) is 13.3 Å². The Labute approximate surface area is 116 Å². The Morgan fingerprint density at radius 3 is 3.12 bits per heavy atom. The van der Waals surface area contributed by atoms with Gasteiger partial charge in [0.25, 0.3) is 0 Å². The lowest BCUT2D eigenvalue weighted by Crippen LogP contribution is -2.19. The standard InChI is InChI=1S/C12H19BrN2OS/c1-2-16-9-4-6-14-8-10-17-12-11(13)5-3-7-15-12/h3,5,7,14H,2,4,6,8-10H2,1H3. The molecule has 17 heavy (non-hydrogen) atoms. The highest BCUT2D eigenvalue weighted by molar-refractivity contribution is 9.10. The maximum atomic E-state index is 5.26. The molecule has 0 saturated carbocycles. The van der Waals surface area contributed by atoms with E-state index in [0.29, 0.717) is 0 Å². The predicted octanol–water partition coefficient (Wildman–Crippen LogP) is 2.95. The molecule has 1 heterocycles. The molecule has 1 aromatic heterocycles. The fraction of sp³-hybridized carbons (Fsp3) is 0.583. The van der Waals surface area contributed by atoms with Gasteiger partial charge in [0.05, 0.1) is 0 Å². The molecule has 0 spiro atoms. The Morgan fingerprint density at radius 1 is 1.47 bits per heavy atom. The third kappa shape index (κ3) is 7.03. The number of ether oxygens (including phenoxy) is 1. The van der Waals surface area contributed by atoms with Crippen molar-refractivity contribution in [2.45, 2.75) is 18.4 Å². The number of nitrogens with zero attached hydrogens (tertiary/aromatic N) is 1. The molecule has 3 nitrogen and oxygen atoms in total. The highest BCUT2D eigenvalue weighted by Gasteiger charge is 1.99. The molecule has 0 aliphatic heterocycles. The third-order valence-electron chi connectivity index (χ3n) is 2.09. The van der Waals surface area contributed by atoms with Crippen LogP contribution in [0, 0.1) is 0 Å². The summed E-state index contributed by atoms with van der Waals surface area (Å²) in [5.74, 6) is 1.03. The van der Waals surface area contributed by atoms with Gasteiger partial charge in [0.1, 0.15) is 5.03 Å². The molecule has 0 aliphatic rings. The lowest BCUT2D eigenvalue weighted by molar-refractivity contribution is 0.145. The number of halogens is 1. The van der Waals surface area contributed by atoms with E-state index in [4.69, 9.17) is 4.74 Å². The largest absolute Gasteiger partial charge is 0.382 e.